The number of imidazole rings is 1. The predicted octanol–water partition coefficient (Wildman–Crippen LogP) is 0.625. The highest BCUT2D eigenvalue weighted by Crippen LogP contribution is 2.42. The predicted molar refractivity (Wildman–Crippen MR) is 105 cm³/mol. The molecule has 1 fully saturated rings. The minimum absolute atomic E-state index is 0.0162. The summed E-state index contributed by atoms with van der Waals surface area (Å²) in [6, 6.07) is 0. The van der Waals surface area contributed by atoms with E-state index in [-0.39, 0.29) is 18.4 Å². The van der Waals surface area contributed by atoms with Crippen molar-refractivity contribution in [1.82, 2.24) is 29.5 Å². The third-order valence-corrected chi connectivity index (χ3v) is 6.16. The summed E-state index contributed by atoms with van der Waals surface area (Å²) < 4.78 is 6.86. The number of nitrogens with zero attached hydrogens (tertiary/aromatic N) is 5. The number of aromatic nitrogens is 4. The molecule has 0 unspecified atom stereocenters. The normalized spacial score (nSPS) is 18.1. The van der Waals surface area contributed by atoms with E-state index in [0.29, 0.717) is 45.3 Å². The first-order valence-corrected chi connectivity index (χ1v) is 10.1. The first-order valence-electron chi connectivity index (χ1n) is 10.1. The number of ether oxygens (including phenoxy) is 1. The number of nitrogens with one attached hydrogen (secondary N) is 1. The molecule has 0 aromatic carbocycles. The van der Waals surface area contributed by atoms with Crippen LogP contribution in [-0.2, 0) is 39.8 Å². The van der Waals surface area contributed by atoms with Gasteiger partial charge in [-0.15, -0.1) is 0 Å². The lowest BCUT2D eigenvalue weighted by atomic mass is 9.78. The van der Waals surface area contributed by atoms with Gasteiger partial charge in [-0.1, -0.05) is 0 Å². The number of piperidine rings is 1. The van der Waals surface area contributed by atoms with Crippen molar-refractivity contribution in [2.45, 2.75) is 37.6 Å². The number of methoxy groups -OCH3 is 1. The molecule has 0 radical (unpaired) electrons. The fourth-order valence-electron chi connectivity index (χ4n) is 4.69. The van der Waals surface area contributed by atoms with Gasteiger partial charge in [0.1, 0.15) is 6.61 Å². The van der Waals surface area contributed by atoms with Gasteiger partial charge in [-0.25, -0.2) is 4.98 Å². The van der Waals surface area contributed by atoms with Gasteiger partial charge in [0.25, 0.3) is 0 Å². The molecular formula is C20H28N6O3. The van der Waals surface area contributed by atoms with Gasteiger partial charge < -0.3 is 19.5 Å². The number of aryl methyl sites for hydroxylation is 2. The lowest BCUT2D eigenvalue weighted by Gasteiger charge is -2.50. The number of H-pyrrole nitrogens is 1. The summed E-state index contributed by atoms with van der Waals surface area (Å²) in [4.78, 5) is 37.1. The van der Waals surface area contributed by atoms with Crippen molar-refractivity contribution < 1.29 is 14.3 Å². The van der Waals surface area contributed by atoms with Gasteiger partial charge in [0, 0.05) is 58.5 Å². The summed E-state index contributed by atoms with van der Waals surface area (Å²) in [5.74, 6) is 0.133. The summed E-state index contributed by atoms with van der Waals surface area (Å²) in [7, 11) is 3.41. The number of hydrogen-bond donors (Lipinski definition) is 1. The average molecular weight is 400 g/mol. The third kappa shape index (κ3) is 3.66. The number of likely N-dealkylation sites (tertiary alicyclic amines) is 1. The van der Waals surface area contributed by atoms with Crippen molar-refractivity contribution in [3.8, 4) is 0 Å². The fourth-order valence-corrected chi connectivity index (χ4v) is 4.69. The molecule has 0 atom stereocenters. The Hall–Kier alpha value is -2.68. The second-order valence-electron chi connectivity index (χ2n) is 7.89. The molecule has 29 heavy (non-hydrogen) atoms. The van der Waals surface area contributed by atoms with Crippen LogP contribution in [0.1, 0.15) is 36.2 Å². The van der Waals surface area contributed by atoms with Crippen molar-refractivity contribution in [3.05, 3.63) is 35.7 Å². The van der Waals surface area contributed by atoms with E-state index in [2.05, 4.69) is 15.1 Å². The lowest BCUT2D eigenvalue weighted by Crippen LogP contribution is -2.59. The van der Waals surface area contributed by atoms with E-state index in [4.69, 9.17) is 4.74 Å². The van der Waals surface area contributed by atoms with Crippen LogP contribution in [0, 0.1) is 0 Å². The number of fused-ring (bicyclic) bond motifs is 2. The molecule has 2 aromatic rings. The summed E-state index contributed by atoms with van der Waals surface area (Å²) in [5, 5.41) is 4.15. The van der Waals surface area contributed by atoms with Crippen LogP contribution in [0.25, 0.3) is 0 Å². The number of carbonyl (C=O) groups is 2. The van der Waals surface area contributed by atoms with Crippen LogP contribution in [-0.4, -0.2) is 74.7 Å². The Kier molecular flexibility index (Phi) is 5.40. The number of amides is 2. The van der Waals surface area contributed by atoms with Crippen LogP contribution >= 0.6 is 0 Å². The van der Waals surface area contributed by atoms with Crippen LogP contribution < -0.4 is 0 Å². The molecule has 156 valence electrons. The van der Waals surface area contributed by atoms with Gasteiger partial charge in [0.05, 0.1) is 23.8 Å². The average Bonchev–Trinajstić information content (AvgIpc) is 3.36. The smallest absolute Gasteiger partial charge is 0.249 e. The highest BCUT2D eigenvalue weighted by molar-refractivity contribution is 5.79. The first-order chi connectivity index (χ1) is 14.0. The molecule has 4 heterocycles. The summed E-state index contributed by atoms with van der Waals surface area (Å²) in [6.07, 6.45) is 8.77. The Bertz CT molecular complexity index is 880. The molecule has 2 aromatic heterocycles. The van der Waals surface area contributed by atoms with E-state index >= 15 is 0 Å². The SMILES string of the molecule is COCC(=O)N1CCc2[nH]cnc2C12CCN(C(=O)CCc1cnn(C)c1)CC2. The minimum Gasteiger partial charge on any atom is -0.375 e. The van der Waals surface area contributed by atoms with Crippen molar-refractivity contribution >= 4 is 11.8 Å². The molecular weight excluding hydrogens is 372 g/mol. The monoisotopic (exact) mass is 400 g/mol. The van der Waals surface area contributed by atoms with Crippen molar-refractivity contribution in [1.29, 1.82) is 0 Å². The Balaban J connectivity index is 1.45. The molecule has 0 aliphatic carbocycles. The molecule has 2 aliphatic heterocycles. The van der Waals surface area contributed by atoms with E-state index in [1.807, 2.05) is 23.0 Å². The van der Waals surface area contributed by atoms with E-state index in [1.165, 1.54) is 7.11 Å². The molecule has 0 bridgehead atoms. The summed E-state index contributed by atoms with van der Waals surface area (Å²) in [5.41, 5.74) is 2.67. The summed E-state index contributed by atoms with van der Waals surface area (Å²) in [6.45, 7) is 1.95. The fraction of sp³-hybridized carbons (Fsp3) is 0.600. The van der Waals surface area contributed by atoms with E-state index < -0.39 is 5.54 Å². The zero-order valence-electron chi connectivity index (χ0n) is 17.1. The van der Waals surface area contributed by atoms with Gasteiger partial charge >= 0.3 is 0 Å². The van der Waals surface area contributed by atoms with Crippen LogP contribution in [0.5, 0.6) is 0 Å². The second kappa shape index (κ2) is 7.98. The minimum atomic E-state index is -0.455. The van der Waals surface area contributed by atoms with Gasteiger partial charge in [-0.2, -0.15) is 5.10 Å². The van der Waals surface area contributed by atoms with E-state index in [1.54, 1.807) is 17.2 Å². The van der Waals surface area contributed by atoms with Crippen LogP contribution in [0.3, 0.4) is 0 Å². The van der Waals surface area contributed by atoms with Gasteiger partial charge in [-0.3, -0.25) is 14.3 Å². The zero-order valence-corrected chi connectivity index (χ0v) is 17.1. The molecule has 0 saturated carbocycles. The standard InChI is InChI=1S/C20H28N6O3/c1-24-12-15(11-23-24)3-4-17(27)25-9-6-20(7-10-25)19-16(21-14-22-19)5-8-26(20)18(28)13-29-2/h11-12,14H,3-10,13H2,1-2H3,(H,21,22). The number of rotatable bonds is 5. The Labute approximate surface area is 170 Å². The molecule has 4 rings (SSSR count). The second-order valence-corrected chi connectivity index (χ2v) is 7.89. The maximum atomic E-state index is 12.8. The quantitative estimate of drug-likeness (QED) is 0.794. The van der Waals surface area contributed by atoms with E-state index in [0.717, 1.165) is 23.4 Å². The topological polar surface area (TPSA) is 96.3 Å². The molecule has 2 amide bonds. The zero-order chi connectivity index (χ0) is 20.4. The molecule has 9 heteroatoms. The molecule has 1 saturated heterocycles. The number of aromatic amines is 1. The maximum Gasteiger partial charge on any atom is 0.249 e. The Morgan fingerprint density at radius 1 is 1.24 bits per heavy atom. The van der Waals surface area contributed by atoms with Crippen molar-refractivity contribution in [2.75, 3.05) is 33.4 Å². The van der Waals surface area contributed by atoms with Gasteiger partial charge in [0.2, 0.25) is 11.8 Å². The highest BCUT2D eigenvalue weighted by atomic mass is 16.5. The summed E-state index contributed by atoms with van der Waals surface area (Å²) >= 11 is 0. The lowest BCUT2D eigenvalue weighted by molar-refractivity contribution is -0.147. The van der Waals surface area contributed by atoms with Crippen LogP contribution in [0.4, 0.5) is 0 Å². The van der Waals surface area contributed by atoms with Gasteiger partial charge in [0.15, 0.2) is 0 Å². The van der Waals surface area contributed by atoms with Crippen LogP contribution in [0.2, 0.25) is 0 Å². The molecule has 1 spiro atoms. The van der Waals surface area contributed by atoms with E-state index in [9.17, 15) is 9.59 Å². The van der Waals surface area contributed by atoms with Crippen LogP contribution in [0.15, 0.2) is 18.7 Å². The first kappa shape index (κ1) is 19.6. The Morgan fingerprint density at radius 3 is 2.72 bits per heavy atom. The molecule has 9 nitrogen and oxygen atoms in total. The maximum absolute atomic E-state index is 12.8. The largest absolute Gasteiger partial charge is 0.375 e. The Morgan fingerprint density at radius 2 is 2.03 bits per heavy atom. The number of hydrogen-bond acceptors (Lipinski definition) is 5. The number of carbonyl (C=O) groups excluding carboxylic acids is 2. The van der Waals surface area contributed by atoms with Crippen molar-refractivity contribution in [2.24, 2.45) is 7.05 Å². The van der Waals surface area contributed by atoms with Crippen molar-refractivity contribution in [3.63, 3.8) is 0 Å². The van der Waals surface area contributed by atoms with Gasteiger partial charge in [-0.05, 0) is 24.8 Å². The third-order valence-electron chi connectivity index (χ3n) is 6.16. The molecule has 2 aliphatic rings. The molecule has 1 N–H and O–H groups in total. The highest BCUT2D eigenvalue weighted by Gasteiger charge is 2.48.